The molecule has 2 saturated heterocycles. The summed E-state index contributed by atoms with van der Waals surface area (Å²) in [5.41, 5.74) is -0.142. The van der Waals surface area contributed by atoms with Gasteiger partial charge in [0.15, 0.2) is 0 Å². The van der Waals surface area contributed by atoms with Gasteiger partial charge in [-0.1, -0.05) is 0 Å². The summed E-state index contributed by atoms with van der Waals surface area (Å²) in [6.07, 6.45) is 2.38. The van der Waals surface area contributed by atoms with Gasteiger partial charge in [0.05, 0.1) is 0 Å². The third-order valence-corrected chi connectivity index (χ3v) is 3.47. The highest BCUT2D eigenvalue weighted by Gasteiger charge is 2.38. The molecule has 2 aliphatic heterocycles. The number of hydrogen-bond acceptors (Lipinski definition) is 2. The first kappa shape index (κ1) is 11.7. The molecule has 2 aliphatic rings. The maximum Gasteiger partial charge on any atom is 0.318 e. The van der Waals surface area contributed by atoms with Crippen LogP contribution in [0, 0.1) is 5.92 Å². The van der Waals surface area contributed by atoms with Crippen molar-refractivity contribution >= 4 is 6.03 Å². The van der Waals surface area contributed by atoms with Crippen molar-refractivity contribution in [2.24, 2.45) is 5.92 Å². The summed E-state index contributed by atoms with van der Waals surface area (Å²) in [7, 11) is 0. The van der Waals surface area contributed by atoms with E-state index in [1.807, 2.05) is 25.7 Å². The number of urea groups is 1. The second-order valence-corrected chi connectivity index (χ2v) is 5.98. The van der Waals surface area contributed by atoms with Crippen molar-refractivity contribution in [3.8, 4) is 0 Å². The van der Waals surface area contributed by atoms with Gasteiger partial charge in [-0.3, -0.25) is 0 Å². The van der Waals surface area contributed by atoms with E-state index < -0.39 is 0 Å². The topological polar surface area (TPSA) is 44.4 Å². The first-order chi connectivity index (χ1) is 7.47. The molecule has 4 nitrogen and oxygen atoms in total. The van der Waals surface area contributed by atoms with Crippen molar-refractivity contribution < 1.29 is 4.79 Å². The molecule has 2 rings (SSSR count). The summed E-state index contributed by atoms with van der Waals surface area (Å²) in [4.78, 5) is 14.1. The monoisotopic (exact) mass is 225 g/mol. The van der Waals surface area contributed by atoms with Crippen molar-refractivity contribution in [2.75, 3.05) is 19.6 Å². The molecule has 0 saturated carbocycles. The van der Waals surface area contributed by atoms with E-state index in [9.17, 15) is 4.79 Å². The highest BCUT2D eigenvalue weighted by Crippen LogP contribution is 2.28. The van der Waals surface area contributed by atoms with Crippen LogP contribution >= 0.6 is 0 Å². The standard InChI is InChI=1S/C12H23N3O/c1-12(2,3)14-11(16)15-7-5-9-4-6-13-8-10(9)15/h9-10,13H,4-8H2,1-3H3,(H,14,16)/t9-,10-/m0/s1. The van der Waals surface area contributed by atoms with Gasteiger partial charge in [0.2, 0.25) is 0 Å². The van der Waals surface area contributed by atoms with E-state index in [2.05, 4.69) is 10.6 Å². The van der Waals surface area contributed by atoms with Gasteiger partial charge in [-0.25, -0.2) is 4.79 Å². The summed E-state index contributed by atoms with van der Waals surface area (Å²) in [5.74, 6) is 0.715. The zero-order valence-electron chi connectivity index (χ0n) is 10.5. The predicted octanol–water partition coefficient (Wildman–Crippen LogP) is 1.18. The van der Waals surface area contributed by atoms with Crippen molar-refractivity contribution in [3.63, 3.8) is 0 Å². The van der Waals surface area contributed by atoms with Crippen LogP contribution in [-0.2, 0) is 0 Å². The largest absolute Gasteiger partial charge is 0.333 e. The lowest BCUT2D eigenvalue weighted by Crippen LogP contribution is -2.54. The lowest BCUT2D eigenvalue weighted by molar-refractivity contribution is 0.167. The van der Waals surface area contributed by atoms with Gasteiger partial charge < -0.3 is 15.5 Å². The van der Waals surface area contributed by atoms with E-state index >= 15 is 0 Å². The summed E-state index contributed by atoms with van der Waals surface area (Å²) in [6.45, 7) is 9.06. The lowest BCUT2D eigenvalue weighted by atomic mass is 9.93. The van der Waals surface area contributed by atoms with Crippen molar-refractivity contribution in [3.05, 3.63) is 0 Å². The molecule has 0 aliphatic carbocycles. The fourth-order valence-corrected chi connectivity index (χ4v) is 2.71. The Bertz CT molecular complexity index is 272. The van der Waals surface area contributed by atoms with Crippen LogP contribution in [-0.4, -0.2) is 42.1 Å². The predicted molar refractivity (Wildman–Crippen MR) is 64.4 cm³/mol. The summed E-state index contributed by atoms with van der Waals surface area (Å²) in [5, 5.41) is 6.44. The molecular weight excluding hydrogens is 202 g/mol. The molecule has 0 aromatic carbocycles. The molecule has 2 amide bonds. The first-order valence-corrected chi connectivity index (χ1v) is 6.27. The van der Waals surface area contributed by atoms with Crippen LogP contribution in [0.1, 0.15) is 33.6 Å². The number of carbonyl (C=O) groups is 1. The molecule has 4 heteroatoms. The quantitative estimate of drug-likeness (QED) is 0.650. The third-order valence-electron chi connectivity index (χ3n) is 3.47. The molecule has 2 heterocycles. The number of nitrogens with one attached hydrogen (secondary N) is 2. The molecule has 0 aromatic rings. The second-order valence-electron chi connectivity index (χ2n) is 5.98. The fraction of sp³-hybridized carbons (Fsp3) is 0.917. The molecule has 0 unspecified atom stereocenters. The summed E-state index contributed by atoms with van der Waals surface area (Å²) in [6, 6.07) is 0.514. The average Bonchev–Trinajstić information content (AvgIpc) is 2.58. The van der Waals surface area contributed by atoms with Crippen LogP contribution in [0.5, 0.6) is 0 Å². The van der Waals surface area contributed by atoms with Gasteiger partial charge >= 0.3 is 6.03 Å². The number of amides is 2. The van der Waals surface area contributed by atoms with E-state index in [4.69, 9.17) is 0 Å². The van der Waals surface area contributed by atoms with Crippen molar-refractivity contribution in [1.29, 1.82) is 0 Å². The highest BCUT2D eigenvalue weighted by molar-refractivity contribution is 5.75. The normalized spacial score (nSPS) is 30.1. The third kappa shape index (κ3) is 2.48. The maximum absolute atomic E-state index is 12.1. The van der Waals surface area contributed by atoms with Crippen molar-refractivity contribution in [2.45, 2.75) is 45.2 Å². The number of piperidine rings is 1. The Hall–Kier alpha value is -0.770. The molecule has 2 atom stereocenters. The van der Waals surface area contributed by atoms with E-state index in [1.54, 1.807) is 0 Å². The maximum atomic E-state index is 12.1. The summed E-state index contributed by atoms with van der Waals surface area (Å²) < 4.78 is 0. The Kier molecular flexibility index (Phi) is 3.10. The van der Waals surface area contributed by atoms with Gasteiger partial charge in [0.25, 0.3) is 0 Å². The van der Waals surface area contributed by atoms with Crippen LogP contribution < -0.4 is 10.6 Å². The minimum absolute atomic E-state index is 0.101. The first-order valence-electron chi connectivity index (χ1n) is 6.27. The van der Waals surface area contributed by atoms with Crippen LogP contribution in [0.3, 0.4) is 0 Å². The number of hydrogen-bond donors (Lipinski definition) is 2. The highest BCUT2D eigenvalue weighted by atomic mass is 16.2. The zero-order chi connectivity index (χ0) is 11.8. The molecule has 92 valence electrons. The summed E-state index contributed by atoms with van der Waals surface area (Å²) >= 11 is 0. The van der Waals surface area contributed by atoms with Gasteiger partial charge in [-0.05, 0) is 46.1 Å². The SMILES string of the molecule is CC(C)(C)NC(=O)N1CC[C@@H]2CCNC[C@@H]21. The van der Waals surface area contributed by atoms with Crippen molar-refractivity contribution in [1.82, 2.24) is 15.5 Å². The average molecular weight is 225 g/mol. The molecule has 16 heavy (non-hydrogen) atoms. The number of nitrogens with zero attached hydrogens (tertiary/aromatic N) is 1. The Morgan fingerprint density at radius 3 is 2.81 bits per heavy atom. The van der Waals surface area contributed by atoms with Gasteiger partial charge in [0.1, 0.15) is 0 Å². The van der Waals surface area contributed by atoms with Crippen LogP contribution in [0.2, 0.25) is 0 Å². The van der Waals surface area contributed by atoms with Gasteiger partial charge in [0, 0.05) is 24.7 Å². The smallest absolute Gasteiger partial charge is 0.318 e. The Labute approximate surface area is 97.8 Å². The Morgan fingerprint density at radius 2 is 2.12 bits per heavy atom. The molecule has 2 fully saturated rings. The molecule has 0 radical (unpaired) electrons. The number of rotatable bonds is 0. The van der Waals surface area contributed by atoms with Gasteiger partial charge in [-0.2, -0.15) is 0 Å². The Balaban J connectivity index is 1.97. The van der Waals surface area contributed by atoms with E-state index in [1.165, 1.54) is 12.8 Å². The Morgan fingerprint density at radius 1 is 1.38 bits per heavy atom. The van der Waals surface area contributed by atoms with Crippen LogP contribution in [0.25, 0.3) is 0 Å². The molecule has 0 spiro atoms. The van der Waals surface area contributed by atoms with E-state index in [0.29, 0.717) is 12.0 Å². The minimum Gasteiger partial charge on any atom is -0.333 e. The molecule has 2 N–H and O–H groups in total. The zero-order valence-corrected chi connectivity index (χ0v) is 10.5. The molecule has 0 bridgehead atoms. The van der Waals surface area contributed by atoms with Crippen LogP contribution in [0.15, 0.2) is 0 Å². The van der Waals surface area contributed by atoms with Crippen LogP contribution in [0.4, 0.5) is 4.79 Å². The number of carbonyl (C=O) groups excluding carboxylic acids is 1. The van der Waals surface area contributed by atoms with Gasteiger partial charge in [-0.15, -0.1) is 0 Å². The molecular formula is C12H23N3O. The molecule has 0 aromatic heterocycles. The fourth-order valence-electron chi connectivity index (χ4n) is 2.71. The lowest BCUT2D eigenvalue weighted by Gasteiger charge is -2.34. The minimum atomic E-state index is -0.142. The number of likely N-dealkylation sites (tertiary alicyclic amines) is 1. The second kappa shape index (κ2) is 4.24. The van der Waals surface area contributed by atoms with E-state index in [-0.39, 0.29) is 11.6 Å². The van der Waals surface area contributed by atoms with E-state index in [0.717, 1.165) is 19.6 Å². The number of fused-ring (bicyclic) bond motifs is 1.